The van der Waals surface area contributed by atoms with E-state index in [0.717, 1.165) is 30.8 Å². The second kappa shape index (κ2) is 6.24. The molecule has 1 aliphatic heterocycles. The molecule has 4 rings (SSSR count). The smallest absolute Gasteiger partial charge is 0.232 e. The lowest BCUT2D eigenvalue weighted by molar-refractivity contribution is 0.0983. The van der Waals surface area contributed by atoms with Gasteiger partial charge in [-0.25, -0.2) is 0 Å². The minimum Gasteiger partial charge on any atom is -0.373 e. The van der Waals surface area contributed by atoms with Crippen molar-refractivity contribution in [1.29, 1.82) is 0 Å². The van der Waals surface area contributed by atoms with E-state index in [1.165, 1.54) is 18.6 Å². The number of ether oxygens (including phenoxy) is 1. The van der Waals surface area contributed by atoms with E-state index < -0.39 is 0 Å². The van der Waals surface area contributed by atoms with Crippen molar-refractivity contribution in [1.82, 2.24) is 15.1 Å². The van der Waals surface area contributed by atoms with Crippen molar-refractivity contribution < 1.29 is 9.26 Å². The van der Waals surface area contributed by atoms with Crippen LogP contribution < -0.4 is 0 Å². The average Bonchev–Trinajstić information content (AvgIpc) is 3.00. The molecule has 1 saturated carbocycles. The van der Waals surface area contributed by atoms with Crippen molar-refractivity contribution in [2.75, 3.05) is 18.6 Å². The van der Waals surface area contributed by atoms with Crippen LogP contribution >= 0.6 is 11.8 Å². The van der Waals surface area contributed by atoms with Gasteiger partial charge < -0.3 is 9.26 Å². The Morgan fingerprint density at radius 1 is 1.39 bits per heavy atom. The highest BCUT2D eigenvalue weighted by molar-refractivity contribution is 7.98. The quantitative estimate of drug-likeness (QED) is 0.808. The van der Waals surface area contributed by atoms with Crippen LogP contribution in [0.4, 0.5) is 0 Å². The van der Waals surface area contributed by atoms with Crippen molar-refractivity contribution in [3.8, 4) is 0 Å². The topological polar surface area (TPSA) is 61.0 Å². The molecule has 2 atom stereocenters. The van der Waals surface area contributed by atoms with Crippen molar-refractivity contribution in [3.63, 3.8) is 0 Å². The van der Waals surface area contributed by atoms with Gasteiger partial charge in [0, 0.05) is 25.4 Å². The fraction of sp³-hybridized carbons (Fsp3) is 0.588. The molecule has 2 aromatic rings. The molecule has 0 unspecified atom stereocenters. The van der Waals surface area contributed by atoms with E-state index >= 15 is 0 Å². The summed E-state index contributed by atoms with van der Waals surface area (Å²) in [4.78, 5) is 8.88. The number of rotatable bonds is 6. The standard InChI is InChI=1S/C17H21N3O2S/c1-23-11-17(5-6-17)9-14-19-16(22-20-14)13-4-8-21-15(13)12-3-2-7-18-10-12/h2-3,7,10,13,15H,4-6,8-9,11H2,1H3/t13-,15+/m0/s1. The second-order valence-corrected chi connectivity index (χ2v) is 7.50. The number of thioether (sulfide) groups is 1. The molecule has 0 aromatic carbocycles. The van der Waals surface area contributed by atoms with E-state index in [4.69, 9.17) is 9.26 Å². The van der Waals surface area contributed by atoms with E-state index in [1.54, 1.807) is 6.20 Å². The maximum absolute atomic E-state index is 5.90. The molecule has 0 spiro atoms. The Labute approximate surface area is 140 Å². The summed E-state index contributed by atoms with van der Waals surface area (Å²) in [5, 5.41) is 4.23. The van der Waals surface area contributed by atoms with Crippen LogP contribution in [0.5, 0.6) is 0 Å². The zero-order valence-corrected chi connectivity index (χ0v) is 14.1. The first-order chi connectivity index (χ1) is 11.3. The fourth-order valence-corrected chi connectivity index (χ4v) is 4.40. The Morgan fingerprint density at radius 3 is 3.04 bits per heavy atom. The number of nitrogens with zero attached hydrogens (tertiary/aromatic N) is 3. The predicted molar refractivity (Wildman–Crippen MR) is 88.3 cm³/mol. The van der Waals surface area contributed by atoms with Crippen LogP contribution in [0.15, 0.2) is 29.0 Å². The van der Waals surface area contributed by atoms with Gasteiger partial charge in [0.25, 0.3) is 0 Å². The summed E-state index contributed by atoms with van der Waals surface area (Å²) in [6, 6.07) is 3.98. The molecule has 2 fully saturated rings. The first-order valence-electron chi connectivity index (χ1n) is 8.13. The van der Waals surface area contributed by atoms with Crippen LogP contribution in [0.25, 0.3) is 0 Å². The lowest BCUT2D eigenvalue weighted by atomic mass is 9.96. The summed E-state index contributed by atoms with van der Waals surface area (Å²) in [5.74, 6) is 2.88. The zero-order valence-electron chi connectivity index (χ0n) is 13.3. The molecular weight excluding hydrogens is 310 g/mol. The van der Waals surface area contributed by atoms with Gasteiger partial charge in [0.05, 0.1) is 12.0 Å². The largest absolute Gasteiger partial charge is 0.373 e. The molecule has 1 saturated heterocycles. The molecule has 0 N–H and O–H groups in total. The van der Waals surface area contributed by atoms with E-state index in [1.807, 2.05) is 30.1 Å². The Bertz CT molecular complexity index is 657. The first kappa shape index (κ1) is 15.1. The van der Waals surface area contributed by atoms with Crippen LogP contribution in [0.1, 0.15) is 48.6 Å². The highest BCUT2D eigenvalue weighted by Gasteiger charge is 2.43. The third-order valence-electron chi connectivity index (χ3n) is 4.85. The van der Waals surface area contributed by atoms with E-state index in [9.17, 15) is 0 Å². The highest BCUT2D eigenvalue weighted by atomic mass is 32.2. The molecule has 0 bridgehead atoms. The first-order valence-corrected chi connectivity index (χ1v) is 9.52. The van der Waals surface area contributed by atoms with Gasteiger partial charge in [-0.3, -0.25) is 4.98 Å². The lowest BCUT2D eigenvalue weighted by Crippen LogP contribution is -2.10. The molecule has 23 heavy (non-hydrogen) atoms. The monoisotopic (exact) mass is 331 g/mol. The number of hydrogen-bond donors (Lipinski definition) is 0. The SMILES string of the molecule is CSCC1(Cc2noc([C@H]3CCO[C@@H]3c3cccnc3)n2)CC1. The molecule has 0 amide bonds. The van der Waals surface area contributed by atoms with Crippen LogP contribution in [-0.2, 0) is 11.2 Å². The predicted octanol–water partition coefficient (Wildman–Crippen LogP) is 3.40. The van der Waals surface area contributed by atoms with E-state index in [0.29, 0.717) is 11.3 Å². The summed E-state index contributed by atoms with van der Waals surface area (Å²) < 4.78 is 11.5. The number of aromatic nitrogens is 3. The van der Waals surface area contributed by atoms with Gasteiger partial charge >= 0.3 is 0 Å². The van der Waals surface area contributed by atoms with Gasteiger partial charge in [-0.2, -0.15) is 16.7 Å². The van der Waals surface area contributed by atoms with Gasteiger partial charge in [0.1, 0.15) is 0 Å². The maximum atomic E-state index is 5.90. The molecule has 122 valence electrons. The van der Waals surface area contributed by atoms with Gasteiger partial charge in [0.2, 0.25) is 5.89 Å². The Morgan fingerprint density at radius 2 is 2.30 bits per heavy atom. The average molecular weight is 331 g/mol. The normalized spacial score (nSPS) is 25.6. The summed E-state index contributed by atoms with van der Waals surface area (Å²) in [6.07, 6.45) is 10.2. The van der Waals surface area contributed by atoms with Crippen molar-refractivity contribution in [2.24, 2.45) is 5.41 Å². The number of pyridine rings is 1. The van der Waals surface area contributed by atoms with Crippen molar-refractivity contribution in [3.05, 3.63) is 41.8 Å². The molecule has 6 heteroatoms. The third kappa shape index (κ3) is 3.15. The maximum Gasteiger partial charge on any atom is 0.232 e. The van der Waals surface area contributed by atoms with E-state index in [-0.39, 0.29) is 12.0 Å². The van der Waals surface area contributed by atoms with Crippen molar-refractivity contribution in [2.45, 2.75) is 37.7 Å². The number of hydrogen-bond acceptors (Lipinski definition) is 6. The lowest BCUT2D eigenvalue weighted by Gasteiger charge is -2.15. The molecule has 5 nitrogen and oxygen atoms in total. The second-order valence-electron chi connectivity index (χ2n) is 6.63. The minimum atomic E-state index is -0.0296. The summed E-state index contributed by atoms with van der Waals surface area (Å²) in [7, 11) is 0. The van der Waals surface area contributed by atoms with Crippen LogP contribution in [0.2, 0.25) is 0 Å². The van der Waals surface area contributed by atoms with E-state index in [2.05, 4.69) is 21.4 Å². The molecular formula is C17H21N3O2S. The van der Waals surface area contributed by atoms with Gasteiger partial charge in [-0.15, -0.1) is 0 Å². The van der Waals surface area contributed by atoms with Crippen LogP contribution in [0.3, 0.4) is 0 Å². The zero-order chi connectivity index (χ0) is 15.7. The summed E-state index contributed by atoms with van der Waals surface area (Å²) in [6.45, 7) is 0.721. The van der Waals surface area contributed by atoms with Gasteiger partial charge in [-0.05, 0) is 48.3 Å². The molecule has 2 aliphatic rings. The van der Waals surface area contributed by atoms with Crippen LogP contribution in [0, 0.1) is 5.41 Å². The molecule has 2 aromatic heterocycles. The molecule has 0 radical (unpaired) electrons. The third-order valence-corrected chi connectivity index (χ3v) is 5.75. The minimum absolute atomic E-state index is 0.0296. The summed E-state index contributed by atoms with van der Waals surface area (Å²) in [5.41, 5.74) is 1.49. The Kier molecular flexibility index (Phi) is 4.11. The highest BCUT2D eigenvalue weighted by Crippen LogP contribution is 2.50. The Balaban J connectivity index is 1.50. The fourth-order valence-electron chi connectivity index (χ4n) is 3.40. The van der Waals surface area contributed by atoms with Gasteiger partial charge in [0.15, 0.2) is 5.82 Å². The van der Waals surface area contributed by atoms with Gasteiger partial charge in [-0.1, -0.05) is 11.2 Å². The van der Waals surface area contributed by atoms with Crippen molar-refractivity contribution >= 4 is 11.8 Å². The van der Waals surface area contributed by atoms with Crippen LogP contribution in [-0.4, -0.2) is 33.7 Å². The molecule has 1 aliphatic carbocycles. The Hall–Kier alpha value is -1.40. The molecule has 3 heterocycles. The summed E-state index contributed by atoms with van der Waals surface area (Å²) >= 11 is 1.91.